The van der Waals surface area contributed by atoms with E-state index in [9.17, 15) is 18.0 Å². The highest BCUT2D eigenvalue weighted by atomic mass is 79.9. The van der Waals surface area contributed by atoms with Gasteiger partial charge in [-0.25, -0.2) is 8.42 Å². The van der Waals surface area contributed by atoms with Crippen LogP contribution in [-0.4, -0.2) is 51.0 Å². The zero-order valence-corrected chi connectivity index (χ0v) is 19.3. The van der Waals surface area contributed by atoms with Crippen molar-refractivity contribution in [3.05, 3.63) is 58.1 Å². The molecule has 0 radical (unpaired) electrons. The molecule has 1 fully saturated rings. The molecule has 0 bridgehead atoms. The van der Waals surface area contributed by atoms with Crippen molar-refractivity contribution in [2.75, 3.05) is 35.5 Å². The molecule has 1 aliphatic rings. The van der Waals surface area contributed by atoms with Crippen molar-refractivity contribution < 1.29 is 18.0 Å². The number of rotatable bonds is 6. The van der Waals surface area contributed by atoms with E-state index in [0.29, 0.717) is 30.0 Å². The zero-order chi connectivity index (χ0) is 21.9. The minimum Gasteiger partial charge on any atom is -0.339 e. The van der Waals surface area contributed by atoms with Gasteiger partial charge in [0.1, 0.15) is 6.54 Å². The lowest BCUT2D eigenvalue weighted by atomic mass is 10.1. The highest BCUT2D eigenvalue weighted by Crippen LogP contribution is 2.25. The molecule has 2 amide bonds. The molecule has 0 aliphatic carbocycles. The normalized spacial score (nSPS) is 13.9. The number of nitrogens with zero attached hydrogens (tertiary/aromatic N) is 2. The molecule has 0 atom stereocenters. The standard InChI is InChI=1S/C21H24BrN3O4S/c1-15-13-16(9-10-18(15)22)25(30(2,28)29)14-20(26)23-19-8-4-3-7-17(19)21(27)24-11-5-6-12-24/h3-4,7-10,13H,5-6,11-12,14H2,1-2H3,(H,23,26). The number of anilines is 2. The molecule has 3 rings (SSSR count). The number of carbonyl (C=O) groups is 2. The fraction of sp³-hybridized carbons (Fsp3) is 0.333. The molecule has 9 heteroatoms. The van der Waals surface area contributed by atoms with Crippen molar-refractivity contribution in [1.82, 2.24) is 4.90 Å². The minimum absolute atomic E-state index is 0.132. The predicted octanol–water partition coefficient (Wildman–Crippen LogP) is 3.40. The molecule has 1 N–H and O–H groups in total. The van der Waals surface area contributed by atoms with E-state index in [1.807, 2.05) is 6.92 Å². The summed E-state index contributed by atoms with van der Waals surface area (Å²) < 4.78 is 26.6. The third-order valence-electron chi connectivity index (χ3n) is 4.94. The van der Waals surface area contributed by atoms with Crippen LogP contribution in [0.2, 0.25) is 0 Å². The smallest absolute Gasteiger partial charge is 0.255 e. The maximum Gasteiger partial charge on any atom is 0.255 e. The summed E-state index contributed by atoms with van der Waals surface area (Å²) in [4.78, 5) is 27.3. The van der Waals surface area contributed by atoms with Gasteiger partial charge in [0.2, 0.25) is 15.9 Å². The van der Waals surface area contributed by atoms with Crippen molar-refractivity contribution >= 4 is 49.1 Å². The molecule has 7 nitrogen and oxygen atoms in total. The van der Waals surface area contributed by atoms with Crippen LogP contribution >= 0.6 is 15.9 Å². The summed E-state index contributed by atoms with van der Waals surface area (Å²) in [6, 6.07) is 11.9. The maximum absolute atomic E-state index is 12.8. The molecule has 0 unspecified atom stereocenters. The minimum atomic E-state index is -3.69. The Balaban J connectivity index is 1.81. The number of amides is 2. The van der Waals surface area contributed by atoms with Crippen molar-refractivity contribution in [3.8, 4) is 0 Å². The lowest BCUT2D eigenvalue weighted by Crippen LogP contribution is -2.38. The van der Waals surface area contributed by atoms with E-state index in [2.05, 4.69) is 21.2 Å². The SMILES string of the molecule is Cc1cc(N(CC(=O)Nc2ccccc2C(=O)N2CCCC2)S(C)(=O)=O)ccc1Br. The molecule has 1 aliphatic heterocycles. The summed E-state index contributed by atoms with van der Waals surface area (Å²) in [5, 5.41) is 2.71. The van der Waals surface area contributed by atoms with Crippen LogP contribution in [0.1, 0.15) is 28.8 Å². The van der Waals surface area contributed by atoms with Gasteiger partial charge in [-0.15, -0.1) is 0 Å². The third kappa shape index (κ3) is 5.20. The summed E-state index contributed by atoms with van der Waals surface area (Å²) in [5.74, 6) is -0.658. The monoisotopic (exact) mass is 493 g/mol. The first kappa shape index (κ1) is 22.3. The quantitative estimate of drug-likeness (QED) is 0.667. The molecule has 2 aromatic rings. The van der Waals surface area contributed by atoms with Crippen LogP contribution in [0.3, 0.4) is 0 Å². The number of para-hydroxylation sites is 1. The summed E-state index contributed by atoms with van der Waals surface area (Å²) in [6.07, 6.45) is 2.99. The largest absolute Gasteiger partial charge is 0.339 e. The van der Waals surface area contributed by atoms with Crippen molar-refractivity contribution in [2.24, 2.45) is 0 Å². The van der Waals surface area contributed by atoms with Gasteiger partial charge in [-0.3, -0.25) is 13.9 Å². The maximum atomic E-state index is 12.8. The van der Waals surface area contributed by atoms with Gasteiger partial charge in [0.25, 0.3) is 5.91 Å². The van der Waals surface area contributed by atoms with Gasteiger partial charge in [-0.1, -0.05) is 28.1 Å². The van der Waals surface area contributed by atoms with E-state index >= 15 is 0 Å². The van der Waals surface area contributed by atoms with Crippen LogP contribution < -0.4 is 9.62 Å². The van der Waals surface area contributed by atoms with Crippen molar-refractivity contribution in [2.45, 2.75) is 19.8 Å². The van der Waals surface area contributed by atoms with E-state index < -0.39 is 22.5 Å². The molecule has 2 aromatic carbocycles. The number of aryl methyl sites for hydroxylation is 1. The zero-order valence-electron chi connectivity index (χ0n) is 16.9. The van der Waals surface area contributed by atoms with Gasteiger partial charge in [-0.05, 0) is 55.7 Å². The number of hydrogen-bond acceptors (Lipinski definition) is 4. The van der Waals surface area contributed by atoms with Gasteiger partial charge in [0, 0.05) is 17.6 Å². The van der Waals surface area contributed by atoms with Gasteiger partial charge in [0.05, 0.1) is 23.2 Å². The summed E-state index contributed by atoms with van der Waals surface area (Å²) >= 11 is 3.39. The van der Waals surface area contributed by atoms with E-state index in [-0.39, 0.29) is 5.91 Å². The summed E-state index contributed by atoms with van der Waals surface area (Å²) in [6.45, 7) is 2.85. The van der Waals surface area contributed by atoms with E-state index in [4.69, 9.17) is 0 Å². The highest BCUT2D eigenvalue weighted by Gasteiger charge is 2.24. The molecule has 160 valence electrons. The number of hydrogen-bond donors (Lipinski definition) is 1. The number of benzene rings is 2. The Hall–Kier alpha value is -2.39. The molecule has 1 saturated heterocycles. The first-order chi connectivity index (χ1) is 14.2. The fourth-order valence-electron chi connectivity index (χ4n) is 3.37. The second kappa shape index (κ2) is 9.18. The molecular weight excluding hydrogens is 470 g/mol. The third-order valence-corrected chi connectivity index (χ3v) is 6.97. The van der Waals surface area contributed by atoms with Gasteiger partial charge in [0.15, 0.2) is 0 Å². The highest BCUT2D eigenvalue weighted by molar-refractivity contribution is 9.10. The number of halogens is 1. The van der Waals surface area contributed by atoms with E-state index in [1.54, 1.807) is 47.4 Å². The Morgan fingerprint density at radius 2 is 1.80 bits per heavy atom. The topological polar surface area (TPSA) is 86.8 Å². The Kier molecular flexibility index (Phi) is 6.82. The second-order valence-corrected chi connectivity index (χ2v) is 10.1. The molecule has 0 saturated carbocycles. The van der Waals surface area contributed by atoms with Crippen molar-refractivity contribution in [3.63, 3.8) is 0 Å². The number of carbonyl (C=O) groups excluding carboxylic acids is 2. The Morgan fingerprint density at radius 1 is 1.13 bits per heavy atom. The first-order valence-electron chi connectivity index (χ1n) is 9.59. The Morgan fingerprint density at radius 3 is 2.43 bits per heavy atom. The average molecular weight is 494 g/mol. The first-order valence-corrected chi connectivity index (χ1v) is 12.2. The lowest BCUT2D eigenvalue weighted by Gasteiger charge is -2.23. The molecule has 0 spiro atoms. The molecule has 1 heterocycles. The summed E-state index contributed by atoms with van der Waals surface area (Å²) in [7, 11) is -3.69. The van der Waals surface area contributed by atoms with Crippen molar-refractivity contribution in [1.29, 1.82) is 0 Å². The van der Waals surface area contributed by atoms with Crippen LogP contribution in [-0.2, 0) is 14.8 Å². The van der Waals surface area contributed by atoms with Gasteiger partial charge in [-0.2, -0.15) is 0 Å². The van der Waals surface area contributed by atoms with Crippen LogP contribution in [0, 0.1) is 6.92 Å². The van der Waals surface area contributed by atoms with Gasteiger partial charge >= 0.3 is 0 Å². The predicted molar refractivity (Wildman–Crippen MR) is 121 cm³/mol. The summed E-state index contributed by atoms with van der Waals surface area (Å²) in [5.41, 5.74) is 2.02. The Labute approximate surface area is 185 Å². The second-order valence-electron chi connectivity index (χ2n) is 7.30. The molecule has 0 aromatic heterocycles. The van der Waals surface area contributed by atoms with Gasteiger partial charge < -0.3 is 10.2 Å². The van der Waals surface area contributed by atoms with Crippen LogP contribution in [0.5, 0.6) is 0 Å². The van der Waals surface area contributed by atoms with Crippen LogP contribution in [0.15, 0.2) is 46.9 Å². The van der Waals surface area contributed by atoms with E-state index in [1.165, 1.54) is 0 Å². The number of sulfonamides is 1. The van der Waals surface area contributed by atoms with Crippen LogP contribution in [0.25, 0.3) is 0 Å². The molecular formula is C21H24BrN3O4S. The number of nitrogens with one attached hydrogen (secondary N) is 1. The average Bonchev–Trinajstić information content (AvgIpc) is 3.22. The van der Waals surface area contributed by atoms with Crippen LogP contribution in [0.4, 0.5) is 11.4 Å². The lowest BCUT2D eigenvalue weighted by molar-refractivity contribution is -0.114. The fourth-order valence-corrected chi connectivity index (χ4v) is 4.47. The Bertz CT molecular complexity index is 1070. The molecule has 30 heavy (non-hydrogen) atoms. The number of likely N-dealkylation sites (tertiary alicyclic amines) is 1. The van der Waals surface area contributed by atoms with E-state index in [0.717, 1.165) is 33.4 Å².